The van der Waals surface area contributed by atoms with Crippen LogP contribution in [0.2, 0.25) is 0 Å². The molecule has 0 aliphatic heterocycles. The summed E-state index contributed by atoms with van der Waals surface area (Å²) in [4.78, 5) is 16.3. The molecule has 1 aromatic carbocycles. The molecule has 2 rings (SSSR count). The fourth-order valence-corrected chi connectivity index (χ4v) is 1.81. The van der Waals surface area contributed by atoms with Crippen molar-refractivity contribution in [3.63, 3.8) is 0 Å². The van der Waals surface area contributed by atoms with E-state index in [0.717, 1.165) is 12.1 Å². The minimum atomic E-state index is -0.147. The van der Waals surface area contributed by atoms with Crippen LogP contribution in [-0.2, 0) is 6.54 Å². The Balaban J connectivity index is 2.05. The summed E-state index contributed by atoms with van der Waals surface area (Å²) in [6.45, 7) is 7.08. The molecule has 0 saturated carbocycles. The van der Waals surface area contributed by atoms with Gasteiger partial charge in [-0.2, -0.15) is 0 Å². The van der Waals surface area contributed by atoms with Crippen LogP contribution in [0, 0.1) is 0 Å². The number of rotatable bonds is 4. The third-order valence-electron chi connectivity index (χ3n) is 2.92. The van der Waals surface area contributed by atoms with Crippen molar-refractivity contribution >= 4 is 11.7 Å². The Morgan fingerprint density at radius 3 is 2.62 bits per heavy atom. The predicted octanol–water partition coefficient (Wildman–Crippen LogP) is 3.22. The van der Waals surface area contributed by atoms with E-state index in [9.17, 15) is 4.79 Å². The number of hydrogen-bond acceptors (Lipinski definition) is 3. The Morgan fingerprint density at radius 1 is 1.14 bits per heavy atom. The van der Waals surface area contributed by atoms with Gasteiger partial charge in [0.2, 0.25) is 0 Å². The van der Waals surface area contributed by atoms with Crippen molar-refractivity contribution in [3.05, 3.63) is 59.8 Å². The minimum Gasteiger partial charge on any atom is -0.308 e. The van der Waals surface area contributed by atoms with Crippen LogP contribution in [0.3, 0.4) is 0 Å². The van der Waals surface area contributed by atoms with Gasteiger partial charge in [0.25, 0.3) is 5.91 Å². The monoisotopic (exact) mass is 283 g/mol. The number of carbonyl (C=O) groups excluding carboxylic acids is 1. The summed E-state index contributed by atoms with van der Waals surface area (Å²) >= 11 is 0. The molecule has 0 fully saturated rings. The maximum Gasteiger partial charge on any atom is 0.256 e. The molecule has 0 aliphatic rings. The summed E-state index contributed by atoms with van der Waals surface area (Å²) in [5.41, 5.74) is 1.76. The van der Waals surface area contributed by atoms with Crippen molar-refractivity contribution in [2.45, 2.75) is 32.9 Å². The Hall–Kier alpha value is -2.20. The number of pyridine rings is 1. The molecule has 1 amide bonds. The second-order valence-electron chi connectivity index (χ2n) is 5.97. The van der Waals surface area contributed by atoms with E-state index >= 15 is 0 Å². The van der Waals surface area contributed by atoms with Gasteiger partial charge in [-0.3, -0.25) is 4.79 Å². The molecule has 1 heterocycles. The molecule has 0 atom stereocenters. The molecule has 4 heteroatoms. The molecule has 0 saturated heterocycles. The molecule has 2 aromatic rings. The number of carbonyl (C=O) groups is 1. The van der Waals surface area contributed by atoms with E-state index in [4.69, 9.17) is 0 Å². The predicted molar refractivity (Wildman–Crippen MR) is 85.2 cm³/mol. The highest BCUT2D eigenvalue weighted by Crippen LogP contribution is 2.10. The smallest absolute Gasteiger partial charge is 0.256 e. The first-order chi connectivity index (χ1) is 9.94. The van der Waals surface area contributed by atoms with Gasteiger partial charge in [0.1, 0.15) is 5.82 Å². The van der Waals surface area contributed by atoms with Gasteiger partial charge < -0.3 is 10.6 Å². The van der Waals surface area contributed by atoms with Gasteiger partial charge in [-0.1, -0.05) is 18.2 Å². The number of aromatic nitrogens is 1. The molecule has 0 bridgehead atoms. The van der Waals surface area contributed by atoms with Crippen LogP contribution in [-0.4, -0.2) is 16.4 Å². The lowest BCUT2D eigenvalue weighted by atomic mass is 10.1. The summed E-state index contributed by atoms with van der Waals surface area (Å²) in [5.74, 6) is 0.409. The van der Waals surface area contributed by atoms with Crippen molar-refractivity contribution in [2.24, 2.45) is 0 Å². The van der Waals surface area contributed by atoms with E-state index in [1.165, 1.54) is 0 Å². The molecular formula is C17H21N3O. The maximum atomic E-state index is 12.2. The van der Waals surface area contributed by atoms with Crippen LogP contribution in [0.1, 0.15) is 36.7 Å². The van der Waals surface area contributed by atoms with E-state index in [0.29, 0.717) is 11.4 Å². The minimum absolute atomic E-state index is 0.0478. The lowest BCUT2D eigenvalue weighted by molar-refractivity contribution is 0.102. The van der Waals surface area contributed by atoms with Gasteiger partial charge in [-0.15, -0.1) is 0 Å². The number of nitrogens with one attached hydrogen (secondary N) is 2. The molecule has 110 valence electrons. The molecular weight excluding hydrogens is 262 g/mol. The first kappa shape index (κ1) is 15.2. The summed E-state index contributed by atoms with van der Waals surface area (Å²) in [6.07, 6.45) is 1.65. The van der Waals surface area contributed by atoms with E-state index in [1.807, 2.05) is 30.3 Å². The molecule has 21 heavy (non-hydrogen) atoms. The molecule has 4 nitrogen and oxygen atoms in total. The third kappa shape index (κ3) is 5.00. The zero-order valence-corrected chi connectivity index (χ0v) is 12.7. The quantitative estimate of drug-likeness (QED) is 0.906. The first-order valence-electron chi connectivity index (χ1n) is 7.00. The van der Waals surface area contributed by atoms with E-state index < -0.39 is 0 Å². The van der Waals surface area contributed by atoms with Gasteiger partial charge in [0.05, 0.1) is 0 Å². The maximum absolute atomic E-state index is 12.2. The van der Waals surface area contributed by atoms with Crippen LogP contribution in [0.4, 0.5) is 5.82 Å². The van der Waals surface area contributed by atoms with Crippen molar-refractivity contribution < 1.29 is 4.79 Å². The van der Waals surface area contributed by atoms with Gasteiger partial charge in [-0.05, 0) is 50.6 Å². The van der Waals surface area contributed by atoms with Crippen molar-refractivity contribution in [1.29, 1.82) is 0 Å². The van der Waals surface area contributed by atoms with E-state index in [2.05, 4.69) is 36.4 Å². The standard InChI is InChI=1S/C17H21N3O/c1-17(2,3)19-12-13-7-6-8-14(11-13)16(21)20-15-9-4-5-10-18-15/h4-11,19H,12H2,1-3H3,(H,18,20,21). The molecule has 0 aliphatic carbocycles. The fraction of sp³-hybridized carbons (Fsp3) is 0.294. The lowest BCUT2D eigenvalue weighted by Gasteiger charge is -2.20. The number of amides is 1. The van der Waals surface area contributed by atoms with Crippen LogP contribution in [0.25, 0.3) is 0 Å². The normalized spacial score (nSPS) is 11.2. The second-order valence-corrected chi connectivity index (χ2v) is 5.97. The SMILES string of the molecule is CC(C)(C)NCc1cccc(C(=O)Nc2ccccn2)c1. The average Bonchev–Trinajstić information content (AvgIpc) is 2.46. The molecule has 1 aromatic heterocycles. The van der Waals surface area contributed by atoms with Gasteiger partial charge in [0, 0.05) is 23.8 Å². The molecule has 2 N–H and O–H groups in total. The zero-order valence-electron chi connectivity index (χ0n) is 12.7. The van der Waals surface area contributed by atoms with Crippen molar-refractivity contribution in [3.8, 4) is 0 Å². The largest absolute Gasteiger partial charge is 0.308 e. The van der Waals surface area contributed by atoms with E-state index in [-0.39, 0.29) is 11.4 Å². The Kier molecular flexibility index (Phi) is 4.70. The highest BCUT2D eigenvalue weighted by Gasteiger charge is 2.10. The van der Waals surface area contributed by atoms with Crippen molar-refractivity contribution in [2.75, 3.05) is 5.32 Å². The average molecular weight is 283 g/mol. The number of hydrogen-bond donors (Lipinski definition) is 2. The van der Waals surface area contributed by atoms with E-state index in [1.54, 1.807) is 18.3 Å². The van der Waals surface area contributed by atoms with Gasteiger partial charge in [-0.25, -0.2) is 4.98 Å². The Bertz CT molecular complexity index is 603. The fourth-order valence-electron chi connectivity index (χ4n) is 1.81. The van der Waals surface area contributed by atoms with Crippen LogP contribution < -0.4 is 10.6 Å². The third-order valence-corrected chi connectivity index (χ3v) is 2.92. The zero-order chi connectivity index (χ0) is 15.3. The second kappa shape index (κ2) is 6.50. The van der Waals surface area contributed by atoms with Gasteiger partial charge in [0.15, 0.2) is 0 Å². The van der Waals surface area contributed by atoms with Crippen LogP contribution in [0.5, 0.6) is 0 Å². The summed E-state index contributed by atoms with van der Waals surface area (Å²) in [5, 5.41) is 6.20. The van der Waals surface area contributed by atoms with Crippen LogP contribution in [0.15, 0.2) is 48.7 Å². The number of nitrogens with zero attached hydrogens (tertiary/aromatic N) is 1. The lowest BCUT2D eigenvalue weighted by Crippen LogP contribution is -2.35. The summed E-state index contributed by atoms with van der Waals surface area (Å²) in [7, 11) is 0. The Labute approximate surface area is 125 Å². The van der Waals surface area contributed by atoms with Crippen molar-refractivity contribution in [1.82, 2.24) is 10.3 Å². The summed E-state index contributed by atoms with van der Waals surface area (Å²) < 4.78 is 0. The van der Waals surface area contributed by atoms with Crippen LogP contribution >= 0.6 is 0 Å². The van der Waals surface area contributed by atoms with Gasteiger partial charge >= 0.3 is 0 Å². The molecule has 0 spiro atoms. The highest BCUT2D eigenvalue weighted by atomic mass is 16.1. The number of benzene rings is 1. The highest BCUT2D eigenvalue weighted by molar-refractivity contribution is 6.03. The number of anilines is 1. The Morgan fingerprint density at radius 2 is 1.95 bits per heavy atom. The topological polar surface area (TPSA) is 54.0 Å². The molecule has 0 radical (unpaired) electrons. The first-order valence-corrected chi connectivity index (χ1v) is 7.00. The molecule has 0 unspecified atom stereocenters. The summed E-state index contributed by atoms with van der Waals surface area (Å²) in [6, 6.07) is 13.0.